The first kappa shape index (κ1) is 45.3. The minimum atomic E-state index is -2.11. The Morgan fingerprint density at radius 2 is 0.896 bits per heavy atom. The Labute approximate surface area is 278 Å². The molecule has 5 N–H and O–H groups in total. The van der Waals surface area contributed by atoms with E-state index in [0.29, 0.717) is 72.7 Å². The van der Waals surface area contributed by atoms with Gasteiger partial charge in [0.15, 0.2) is 11.9 Å². The molecular formula is C27H51N7O14. The molecule has 0 bridgehead atoms. The molecule has 0 rings (SSSR count). The van der Waals surface area contributed by atoms with Gasteiger partial charge < -0.3 is 63.6 Å². The van der Waals surface area contributed by atoms with Crippen LogP contribution in [0.5, 0.6) is 0 Å². The molecule has 48 heavy (non-hydrogen) atoms. The number of ketones is 1. The summed E-state index contributed by atoms with van der Waals surface area (Å²) >= 11 is 0. The van der Waals surface area contributed by atoms with Crippen LogP contribution in [0.3, 0.4) is 0 Å². The third kappa shape index (κ3) is 27.3. The van der Waals surface area contributed by atoms with Crippen LogP contribution >= 0.6 is 0 Å². The largest absolute Gasteiger partial charge is 0.387 e. The lowest BCUT2D eigenvalue weighted by Crippen LogP contribution is -2.52. The van der Waals surface area contributed by atoms with Crippen LogP contribution in [-0.4, -0.2) is 182 Å². The van der Waals surface area contributed by atoms with Crippen LogP contribution in [0.4, 0.5) is 0 Å². The van der Waals surface area contributed by atoms with Gasteiger partial charge in [0.25, 0.3) is 5.91 Å². The van der Waals surface area contributed by atoms with Crippen molar-refractivity contribution in [2.24, 2.45) is 10.2 Å². The van der Waals surface area contributed by atoms with Gasteiger partial charge in [0.1, 0.15) is 18.3 Å². The highest BCUT2D eigenvalue weighted by Gasteiger charge is 2.36. The Bertz CT molecular complexity index is 827. The van der Waals surface area contributed by atoms with Gasteiger partial charge in [0.2, 0.25) is 0 Å². The fourth-order valence-electron chi connectivity index (χ4n) is 3.39. The van der Waals surface area contributed by atoms with E-state index in [9.17, 15) is 30.0 Å². The summed E-state index contributed by atoms with van der Waals surface area (Å²) in [5.74, 6) is -1.81. The van der Waals surface area contributed by atoms with Crippen LogP contribution in [0, 0.1) is 0 Å². The normalized spacial score (nSPS) is 13.6. The Kier molecular flexibility index (Phi) is 32.2. The van der Waals surface area contributed by atoms with Crippen molar-refractivity contribution < 1.29 is 67.9 Å². The fourth-order valence-corrected chi connectivity index (χ4v) is 3.39. The monoisotopic (exact) mass is 697 g/mol. The molecule has 0 radical (unpaired) electrons. The first-order valence-corrected chi connectivity index (χ1v) is 15.5. The summed E-state index contributed by atoms with van der Waals surface area (Å²) < 4.78 is 42.3. The van der Waals surface area contributed by atoms with E-state index in [0.717, 1.165) is 0 Å². The van der Waals surface area contributed by atoms with Gasteiger partial charge in [-0.3, -0.25) is 9.59 Å². The molecule has 0 aliphatic carbocycles. The lowest BCUT2D eigenvalue weighted by atomic mass is 9.97. The van der Waals surface area contributed by atoms with Crippen LogP contribution in [0.2, 0.25) is 0 Å². The first-order chi connectivity index (χ1) is 23.4. The minimum absolute atomic E-state index is 0.0144. The zero-order valence-electron chi connectivity index (χ0n) is 27.2. The van der Waals surface area contributed by atoms with Crippen molar-refractivity contribution in [3.8, 4) is 0 Å². The molecule has 0 heterocycles. The van der Waals surface area contributed by atoms with E-state index >= 15 is 0 Å². The number of azide groups is 2. The predicted molar refractivity (Wildman–Crippen MR) is 166 cm³/mol. The standard InChI is InChI=1S/C27H51N7O14/c28-33-31-4-8-43-12-16-47-19-18-45-14-10-41-6-1-2-22(35)23(36)24(37)25(38)26(39)27(40)30-3-7-42-11-15-46-20-21-48-17-13-44-9-5-32-34-29/h23-26,36-39H,1-21H2,(H,30,40)/t23-,24+,25+,26-/m0/s1. The molecule has 0 saturated carbocycles. The van der Waals surface area contributed by atoms with Crippen LogP contribution in [-0.2, 0) is 47.5 Å². The number of carbonyl (C=O) groups is 2. The van der Waals surface area contributed by atoms with E-state index < -0.39 is 36.1 Å². The number of carbonyl (C=O) groups excluding carboxylic acids is 2. The maximum atomic E-state index is 12.2. The molecule has 0 aliphatic rings. The maximum Gasteiger partial charge on any atom is 0.251 e. The molecule has 1 amide bonds. The fraction of sp³-hybridized carbons (Fsp3) is 0.926. The summed E-state index contributed by atoms with van der Waals surface area (Å²) in [6.07, 6.45) is -8.26. The van der Waals surface area contributed by atoms with Gasteiger partial charge >= 0.3 is 0 Å². The molecule has 21 nitrogen and oxygen atoms in total. The van der Waals surface area contributed by atoms with E-state index in [2.05, 4.69) is 25.4 Å². The lowest BCUT2D eigenvalue weighted by molar-refractivity contribution is -0.154. The molecule has 278 valence electrons. The highest BCUT2D eigenvalue weighted by atomic mass is 16.6. The van der Waals surface area contributed by atoms with Gasteiger partial charge in [-0.15, -0.1) is 0 Å². The highest BCUT2D eigenvalue weighted by molar-refractivity contribution is 5.84. The van der Waals surface area contributed by atoms with Gasteiger partial charge in [-0.05, 0) is 17.5 Å². The number of nitrogens with zero attached hydrogens (tertiary/aromatic N) is 6. The van der Waals surface area contributed by atoms with Crippen molar-refractivity contribution >= 4 is 11.7 Å². The quantitative estimate of drug-likeness (QED) is 0.0219. The topological polar surface area (TPSA) is 298 Å². The second kappa shape index (κ2) is 34.2. The number of Topliss-reactive ketones (excluding diaryl/α,β-unsaturated/α-hetero) is 1. The first-order valence-electron chi connectivity index (χ1n) is 15.5. The van der Waals surface area contributed by atoms with Gasteiger partial charge in [-0.1, -0.05) is 10.2 Å². The van der Waals surface area contributed by atoms with Crippen molar-refractivity contribution in [2.45, 2.75) is 37.3 Å². The number of hydrogen-bond donors (Lipinski definition) is 5. The lowest BCUT2D eigenvalue weighted by Gasteiger charge is -2.25. The molecule has 0 spiro atoms. The van der Waals surface area contributed by atoms with Crippen molar-refractivity contribution in [3.63, 3.8) is 0 Å². The number of aliphatic hydroxyl groups excluding tert-OH is 4. The smallest absolute Gasteiger partial charge is 0.251 e. The predicted octanol–water partition coefficient (Wildman–Crippen LogP) is -1.35. The Morgan fingerprint density at radius 3 is 1.31 bits per heavy atom. The molecule has 21 heteroatoms. The van der Waals surface area contributed by atoms with E-state index in [4.69, 9.17) is 49.0 Å². The zero-order chi connectivity index (χ0) is 35.5. The van der Waals surface area contributed by atoms with Crippen LogP contribution < -0.4 is 5.32 Å². The third-order valence-electron chi connectivity index (χ3n) is 5.88. The Hall–Kier alpha value is -2.72. The number of nitrogens with one attached hydrogen (secondary N) is 1. The second-order valence-corrected chi connectivity index (χ2v) is 9.54. The number of aliphatic hydroxyl groups is 4. The summed E-state index contributed by atoms with van der Waals surface area (Å²) in [5.41, 5.74) is 16.3. The Morgan fingerprint density at radius 1 is 0.542 bits per heavy atom. The molecule has 0 saturated heterocycles. The molecule has 0 aromatic carbocycles. The summed E-state index contributed by atoms with van der Waals surface area (Å²) in [4.78, 5) is 29.5. The van der Waals surface area contributed by atoms with Crippen molar-refractivity contribution in [1.82, 2.24) is 5.32 Å². The molecule has 0 unspecified atom stereocenters. The van der Waals surface area contributed by atoms with Crippen molar-refractivity contribution in [1.29, 1.82) is 0 Å². The van der Waals surface area contributed by atoms with Gasteiger partial charge in [-0.2, -0.15) is 0 Å². The van der Waals surface area contributed by atoms with Crippen LogP contribution in [0.1, 0.15) is 12.8 Å². The number of ether oxygens (including phenoxy) is 8. The van der Waals surface area contributed by atoms with Crippen molar-refractivity contribution in [3.05, 3.63) is 20.9 Å². The van der Waals surface area contributed by atoms with Gasteiger partial charge in [-0.25, -0.2) is 0 Å². The average molecular weight is 698 g/mol. The van der Waals surface area contributed by atoms with Crippen LogP contribution in [0.25, 0.3) is 20.9 Å². The summed E-state index contributed by atoms with van der Waals surface area (Å²) in [5, 5.41) is 49.3. The highest BCUT2D eigenvalue weighted by Crippen LogP contribution is 2.09. The van der Waals surface area contributed by atoms with E-state index in [1.807, 2.05) is 0 Å². The summed E-state index contributed by atoms with van der Waals surface area (Å²) in [6, 6.07) is 0. The number of rotatable bonds is 36. The molecule has 0 fully saturated rings. The van der Waals surface area contributed by atoms with E-state index in [1.54, 1.807) is 0 Å². The zero-order valence-corrected chi connectivity index (χ0v) is 27.2. The van der Waals surface area contributed by atoms with Crippen molar-refractivity contribution in [2.75, 3.05) is 125 Å². The SMILES string of the molecule is [N-]=[N+]=NCCOCCOCCOCCOCCCC(=O)[C@H](O)[C@@H](O)[C@@H](O)[C@H](O)C(=O)NCCOCCOCCOCCOCCN=[N+]=[N-]. The maximum absolute atomic E-state index is 12.2. The summed E-state index contributed by atoms with van der Waals surface area (Å²) in [6.45, 7) is 5.38. The molecule has 0 aromatic heterocycles. The second-order valence-electron chi connectivity index (χ2n) is 9.54. The summed E-state index contributed by atoms with van der Waals surface area (Å²) in [7, 11) is 0. The molecular weight excluding hydrogens is 646 g/mol. The minimum Gasteiger partial charge on any atom is -0.387 e. The van der Waals surface area contributed by atoms with E-state index in [-0.39, 0.29) is 65.5 Å². The van der Waals surface area contributed by atoms with E-state index in [1.165, 1.54) is 0 Å². The van der Waals surface area contributed by atoms with Gasteiger partial charge in [0.05, 0.1) is 99.1 Å². The van der Waals surface area contributed by atoms with Gasteiger partial charge in [0, 0.05) is 42.5 Å². The molecule has 4 atom stereocenters. The van der Waals surface area contributed by atoms with Crippen LogP contribution in [0.15, 0.2) is 10.2 Å². The molecule has 0 aliphatic heterocycles. The number of hydrogen-bond acceptors (Lipinski definition) is 16. The Balaban J connectivity index is 3.76. The average Bonchev–Trinajstić information content (AvgIpc) is 3.09. The third-order valence-corrected chi connectivity index (χ3v) is 5.88. The number of amides is 1. The molecule has 0 aromatic rings.